The zero-order valence-corrected chi connectivity index (χ0v) is 16.3. The molecule has 0 bridgehead atoms. The monoisotopic (exact) mass is 372 g/mol. The van der Waals surface area contributed by atoms with E-state index in [2.05, 4.69) is 10.1 Å². The standard InChI is InChI=1S/C20H25ClN4O/c1-14(10-17-6-4-8-19(21)11-17)20(26)24-9-5-7-18(12-24)13-25-16(3)22-15(2)23-25/h4,6,8,10-11,18H,5,7,9,12-13H2,1-3H3/b14-10+. The number of piperidine rings is 1. The highest BCUT2D eigenvalue weighted by molar-refractivity contribution is 6.30. The Morgan fingerprint density at radius 2 is 2.19 bits per heavy atom. The molecule has 1 aliphatic heterocycles. The molecule has 1 amide bonds. The highest BCUT2D eigenvalue weighted by Crippen LogP contribution is 2.21. The van der Waals surface area contributed by atoms with Crippen molar-refractivity contribution < 1.29 is 4.79 Å². The number of aryl methyl sites for hydroxylation is 2. The van der Waals surface area contributed by atoms with Crippen molar-refractivity contribution in [2.75, 3.05) is 13.1 Å². The van der Waals surface area contributed by atoms with Crippen molar-refractivity contribution in [3.8, 4) is 0 Å². The number of nitrogens with zero attached hydrogens (tertiary/aromatic N) is 4. The van der Waals surface area contributed by atoms with Crippen LogP contribution in [0.4, 0.5) is 0 Å². The maximum atomic E-state index is 12.8. The van der Waals surface area contributed by atoms with E-state index in [1.807, 2.05) is 60.7 Å². The molecule has 1 aromatic carbocycles. The molecule has 1 fully saturated rings. The molecule has 1 atom stereocenters. The van der Waals surface area contributed by atoms with E-state index >= 15 is 0 Å². The highest BCUT2D eigenvalue weighted by Gasteiger charge is 2.25. The van der Waals surface area contributed by atoms with Crippen LogP contribution in [-0.2, 0) is 11.3 Å². The number of amides is 1. The van der Waals surface area contributed by atoms with Gasteiger partial charge in [-0.3, -0.25) is 4.79 Å². The van der Waals surface area contributed by atoms with E-state index in [9.17, 15) is 4.79 Å². The Hall–Kier alpha value is -2.14. The van der Waals surface area contributed by atoms with Crippen LogP contribution in [0.3, 0.4) is 0 Å². The Labute approximate surface area is 159 Å². The number of likely N-dealkylation sites (tertiary alicyclic amines) is 1. The first-order valence-electron chi connectivity index (χ1n) is 9.03. The number of hydrogen-bond donors (Lipinski definition) is 0. The third-order valence-electron chi connectivity index (χ3n) is 4.77. The third-order valence-corrected chi connectivity index (χ3v) is 5.00. The summed E-state index contributed by atoms with van der Waals surface area (Å²) in [4.78, 5) is 19.2. The van der Waals surface area contributed by atoms with E-state index in [1.165, 1.54) is 0 Å². The molecule has 1 aliphatic rings. The summed E-state index contributed by atoms with van der Waals surface area (Å²) in [6, 6.07) is 7.55. The second-order valence-electron chi connectivity index (χ2n) is 7.03. The predicted molar refractivity (Wildman–Crippen MR) is 104 cm³/mol. The second-order valence-corrected chi connectivity index (χ2v) is 7.47. The van der Waals surface area contributed by atoms with Gasteiger partial charge in [0.05, 0.1) is 0 Å². The van der Waals surface area contributed by atoms with E-state index in [4.69, 9.17) is 11.6 Å². The van der Waals surface area contributed by atoms with Gasteiger partial charge in [0.2, 0.25) is 5.91 Å². The van der Waals surface area contributed by atoms with Crippen molar-refractivity contribution >= 4 is 23.6 Å². The van der Waals surface area contributed by atoms with Gasteiger partial charge in [-0.25, -0.2) is 9.67 Å². The fraction of sp³-hybridized carbons (Fsp3) is 0.450. The quantitative estimate of drug-likeness (QED) is 0.765. The van der Waals surface area contributed by atoms with Crippen molar-refractivity contribution in [3.63, 3.8) is 0 Å². The lowest BCUT2D eigenvalue weighted by atomic mass is 9.97. The number of rotatable bonds is 4. The van der Waals surface area contributed by atoms with Crippen LogP contribution in [0.15, 0.2) is 29.8 Å². The minimum Gasteiger partial charge on any atom is -0.339 e. The summed E-state index contributed by atoms with van der Waals surface area (Å²) in [5.74, 6) is 2.24. The molecular formula is C20H25ClN4O. The molecule has 1 unspecified atom stereocenters. The van der Waals surface area contributed by atoms with E-state index < -0.39 is 0 Å². The zero-order valence-electron chi connectivity index (χ0n) is 15.6. The van der Waals surface area contributed by atoms with Crippen LogP contribution in [0.25, 0.3) is 6.08 Å². The van der Waals surface area contributed by atoms with Crippen LogP contribution in [0.1, 0.15) is 37.0 Å². The fourth-order valence-corrected chi connectivity index (χ4v) is 3.73. The summed E-state index contributed by atoms with van der Waals surface area (Å²) in [5, 5.41) is 5.13. The Kier molecular flexibility index (Phi) is 5.77. The minimum atomic E-state index is 0.0983. The van der Waals surface area contributed by atoms with Gasteiger partial charge in [-0.1, -0.05) is 23.7 Å². The predicted octanol–water partition coefficient (Wildman–Crippen LogP) is 3.89. The topological polar surface area (TPSA) is 51.0 Å². The second kappa shape index (κ2) is 8.04. The molecule has 2 heterocycles. The van der Waals surface area contributed by atoms with Crippen molar-refractivity contribution in [1.29, 1.82) is 0 Å². The van der Waals surface area contributed by atoms with Gasteiger partial charge in [0.15, 0.2) is 0 Å². The van der Waals surface area contributed by atoms with Crippen molar-refractivity contribution in [2.24, 2.45) is 5.92 Å². The van der Waals surface area contributed by atoms with E-state index in [0.29, 0.717) is 10.9 Å². The third kappa shape index (κ3) is 4.52. The molecule has 1 saturated heterocycles. The van der Waals surface area contributed by atoms with Crippen molar-refractivity contribution in [1.82, 2.24) is 19.7 Å². The minimum absolute atomic E-state index is 0.0983. The Balaban J connectivity index is 1.66. The molecule has 26 heavy (non-hydrogen) atoms. The summed E-state index contributed by atoms with van der Waals surface area (Å²) >= 11 is 6.03. The summed E-state index contributed by atoms with van der Waals surface area (Å²) in [5.41, 5.74) is 1.69. The molecule has 6 heteroatoms. The summed E-state index contributed by atoms with van der Waals surface area (Å²) in [6.07, 6.45) is 4.04. The molecule has 2 aromatic rings. The molecule has 138 valence electrons. The first-order valence-corrected chi connectivity index (χ1v) is 9.41. The molecule has 5 nitrogen and oxygen atoms in total. The average molecular weight is 373 g/mol. The molecule has 1 aromatic heterocycles. The van der Waals surface area contributed by atoms with Gasteiger partial charge >= 0.3 is 0 Å². The molecule has 3 rings (SSSR count). The summed E-state index contributed by atoms with van der Waals surface area (Å²) in [6.45, 7) is 8.14. The highest BCUT2D eigenvalue weighted by atomic mass is 35.5. The lowest BCUT2D eigenvalue weighted by Gasteiger charge is -2.33. The Morgan fingerprint density at radius 3 is 2.88 bits per heavy atom. The number of halogens is 1. The van der Waals surface area contributed by atoms with Gasteiger partial charge in [-0.15, -0.1) is 0 Å². The van der Waals surface area contributed by atoms with Crippen LogP contribution >= 0.6 is 11.6 Å². The smallest absolute Gasteiger partial charge is 0.249 e. The summed E-state index contributed by atoms with van der Waals surface area (Å²) < 4.78 is 1.96. The van der Waals surface area contributed by atoms with Gasteiger partial charge < -0.3 is 4.90 Å². The maximum absolute atomic E-state index is 12.8. The van der Waals surface area contributed by atoms with Crippen molar-refractivity contribution in [3.05, 3.63) is 52.1 Å². The molecule has 0 spiro atoms. The number of carbonyl (C=O) groups is 1. The SMILES string of the molecule is C/C(=C\c1cccc(Cl)c1)C(=O)N1CCCC(Cn2nc(C)nc2C)C1. The lowest BCUT2D eigenvalue weighted by Crippen LogP contribution is -2.41. The molecular weight excluding hydrogens is 348 g/mol. The average Bonchev–Trinajstić information content (AvgIpc) is 2.91. The molecule has 0 saturated carbocycles. The fourth-order valence-electron chi connectivity index (χ4n) is 3.53. The van der Waals surface area contributed by atoms with Gasteiger partial charge in [-0.05, 0) is 63.3 Å². The van der Waals surface area contributed by atoms with E-state index in [0.717, 1.165) is 55.3 Å². The van der Waals surface area contributed by atoms with Crippen LogP contribution in [0, 0.1) is 19.8 Å². The van der Waals surface area contributed by atoms with Crippen LogP contribution in [-0.4, -0.2) is 38.7 Å². The first-order chi connectivity index (χ1) is 12.4. The Bertz CT molecular complexity index is 827. The van der Waals surface area contributed by atoms with Gasteiger partial charge in [-0.2, -0.15) is 5.10 Å². The molecule has 0 radical (unpaired) electrons. The first kappa shape index (κ1) is 18.6. The van der Waals surface area contributed by atoms with Crippen LogP contribution in [0.5, 0.6) is 0 Å². The zero-order chi connectivity index (χ0) is 18.7. The number of aromatic nitrogens is 3. The van der Waals surface area contributed by atoms with E-state index in [1.54, 1.807) is 0 Å². The molecule has 0 aliphatic carbocycles. The molecule has 0 N–H and O–H groups in total. The van der Waals surface area contributed by atoms with E-state index in [-0.39, 0.29) is 5.91 Å². The van der Waals surface area contributed by atoms with Crippen LogP contribution < -0.4 is 0 Å². The van der Waals surface area contributed by atoms with Crippen LogP contribution in [0.2, 0.25) is 5.02 Å². The van der Waals surface area contributed by atoms with Gasteiger partial charge in [0, 0.05) is 30.2 Å². The van der Waals surface area contributed by atoms with Gasteiger partial charge in [0.25, 0.3) is 0 Å². The maximum Gasteiger partial charge on any atom is 0.249 e. The summed E-state index contributed by atoms with van der Waals surface area (Å²) in [7, 11) is 0. The van der Waals surface area contributed by atoms with Gasteiger partial charge in [0.1, 0.15) is 11.6 Å². The van der Waals surface area contributed by atoms with Crippen molar-refractivity contribution in [2.45, 2.75) is 40.2 Å². The number of carbonyl (C=O) groups excluding carboxylic acids is 1. The number of hydrogen-bond acceptors (Lipinski definition) is 3. The number of benzene rings is 1. The normalized spacial score (nSPS) is 18.2. The largest absolute Gasteiger partial charge is 0.339 e. The Morgan fingerprint density at radius 1 is 1.38 bits per heavy atom. The lowest BCUT2D eigenvalue weighted by molar-refractivity contribution is -0.128.